The number of carbonyl (C=O) groups is 2. The average molecular weight is 446 g/mol. The monoisotopic (exact) mass is 446 g/mol. The molecule has 0 saturated carbocycles. The van der Waals surface area contributed by atoms with Gasteiger partial charge in [0.05, 0.1) is 11.3 Å². The van der Waals surface area contributed by atoms with Crippen molar-refractivity contribution >= 4 is 28.8 Å². The Morgan fingerprint density at radius 1 is 0.788 bits per heavy atom. The number of halogens is 2. The van der Waals surface area contributed by atoms with Gasteiger partial charge in [0.25, 0.3) is 11.8 Å². The molecule has 4 nitrogen and oxygen atoms in total. The molecule has 0 fully saturated rings. The first-order valence-electron chi connectivity index (χ1n) is 10.6. The van der Waals surface area contributed by atoms with Crippen LogP contribution in [0.15, 0.2) is 72.4 Å². The molecule has 1 aliphatic heterocycles. The van der Waals surface area contributed by atoms with Crippen LogP contribution in [-0.2, 0) is 15.0 Å². The molecule has 3 aromatic carbocycles. The molecule has 2 amide bonds. The van der Waals surface area contributed by atoms with Crippen LogP contribution in [0.3, 0.4) is 0 Å². The minimum Gasteiger partial charge on any atom is -0.350 e. The normalized spacial score (nSPS) is 14.3. The van der Waals surface area contributed by atoms with Crippen LogP contribution in [0.2, 0.25) is 0 Å². The van der Waals surface area contributed by atoms with Crippen molar-refractivity contribution in [2.75, 3.05) is 10.2 Å². The average Bonchev–Trinajstić information content (AvgIpc) is 3.00. The third-order valence-electron chi connectivity index (χ3n) is 5.60. The number of imide groups is 1. The number of carbonyl (C=O) groups excluding carboxylic acids is 2. The zero-order valence-corrected chi connectivity index (χ0v) is 18.9. The topological polar surface area (TPSA) is 49.4 Å². The van der Waals surface area contributed by atoms with Crippen molar-refractivity contribution in [3.63, 3.8) is 0 Å². The van der Waals surface area contributed by atoms with E-state index in [2.05, 4.69) is 26.1 Å². The van der Waals surface area contributed by atoms with E-state index in [0.29, 0.717) is 11.3 Å². The Hall–Kier alpha value is -3.80. The molecule has 0 radical (unpaired) electrons. The van der Waals surface area contributed by atoms with E-state index >= 15 is 0 Å². The van der Waals surface area contributed by atoms with Crippen molar-refractivity contribution in [3.05, 3.63) is 101 Å². The smallest absolute Gasteiger partial charge is 0.282 e. The maximum atomic E-state index is 13.8. The molecule has 1 N–H and O–H groups in total. The minimum atomic E-state index is -1.05. The van der Waals surface area contributed by atoms with E-state index in [1.807, 2.05) is 31.2 Å². The molecule has 3 aromatic rings. The highest BCUT2D eigenvalue weighted by atomic mass is 19.2. The second-order valence-corrected chi connectivity index (χ2v) is 9.11. The summed E-state index contributed by atoms with van der Waals surface area (Å²) < 4.78 is 27.2. The lowest BCUT2D eigenvalue weighted by molar-refractivity contribution is -0.120. The summed E-state index contributed by atoms with van der Waals surface area (Å²) >= 11 is 0. The summed E-state index contributed by atoms with van der Waals surface area (Å²) in [6, 6.07) is 17.7. The highest BCUT2D eigenvalue weighted by molar-refractivity contribution is 6.46. The van der Waals surface area contributed by atoms with E-state index in [-0.39, 0.29) is 22.4 Å². The molecule has 0 aliphatic carbocycles. The van der Waals surface area contributed by atoms with E-state index in [9.17, 15) is 18.4 Å². The van der Waals surface area contributed by atoms with E-state index < -0.39 is 23.4 Å². The number of anilines is 2. The first-order chi connectivity index (χ1) is 15.6. The largest absolute Gasteiger partial charge is 0.350 e. The lowest BCUT2D eigenvalue weighted by Gasteiger charge is -2.21. The maximum absolute atomic E-state index is 13.8. The van der Waals surface area contributed by atoms with Gasteiger partial charge in [0, 0.05) is 11.8 Å². The Labute approximate surface area is 191 Å². The first kappa shape index (κ1) is 22.4. The zero-order chi connectivity index (χ0) is 23.9. The molecule has 168 valence electrons. The first-order valence-corrected chi connectivity index (χ1v) is 10.6. The fourth-order valence-electron chi connectivity index (χ4n) is 3.70. The lowest BCUT2D eigenvalue weighted by atomic mass is 9.87. The van der Waals surface area contributed by atoms with Crippen LogP contribution in [0.4, 0.5) is 20.2 Å². The second kappa shape index (κ2) is 8.28. The predicted octanol–water partition coefficient (Wildman–Crippen LogP) is 5.97. The van der Waals surface area contributed by atoms with Crippen molar-refractivity contribution < 1.29 is 18.4 Å². The summed E-state index contributed by atoms with van der Waals surface area (Å²) in [5.41, 5.74) is 3.32. The lowest BCUT2D eigenvalue weighted by Crippen LogP contribution is -2.32. The number of nitrogens with one attached hydrogen (secondary N) is 1. The second-order valence-electron chi connectivity index (χ2n) is 9.11. The Morgan fingerprint density at radius 2 is 1.42 bits per heavy atom. The standard InChI is InChI=1S/C27H24F2N2O2/c1-16-5-7-17(8-6-16)23-24(30-19-11-14-21(28)22(29)15-19)26(33)31(25(23)32)20-12-9-18(10-13-20)27(2,3)4/h5-15,30H,1-4H3. The van der Waals surface area contributed by atoms with Gasteiger partial charge in [0.1, 0.15) is 5.70 Å². The molecule has 0 aromatic heterocycles. The quantitative estimate of drug-likeness (QED) is 0.503. The van der Waals surface area contributed by atoms with Gasteiger partial charge >= 0.3 is 0 Å². The molecule has 0 atom stereocenters. The van der Waals surface area contributed by atoms with Crippen molar-refractivity contribution in [2.45, 2.75) is 33.1 Å². The fraction of sp³-hybridized carbons (Fsp3) is 0.185. The number of nitrogens with zero attached hydrogens (tertiary/aromatic N) is 1. The van der Waals surface area contributed by atoms with Crippen LogP contribution in [0.5, 0.6) is 0 Å². The van der Waals surface area contributed by atoms with Gasteiger partial charge in [-0.1, -0.05) is 62.7 Å². The summed E-state index contributed by atoms with van der Waals surface area (Å²) in [4.78, 5) is 28.0. The highest BCUT2D eigenvalue weighted by Gasteiger charge is 2.40. The Bertz CT molecular complexity index is 1270. The minimum absolute atomic E-state index is 0.00904. The predicted molar refractivity (Wildman–Crippen MR) is 126 cm³/mol. The maximum Gasteiger partial charge on any atom is 0.282 e. The highest BCUT2D eigenvalue weighted by Crippen LogP contribution is 2.35. The molecule has 0 unspecified atom stereocenters. The van der Waals surface area contributed by atoms with Crippen molar-refractivity contribution in [2.24, 2.45) is 0 Å². The van der Waals surface area contributed by atoms with E-state index in [0.717, 1.165) is 28.2 Å². The number of amides is 2. The third kappa shape index (κ3) is 4.29. The van der Waals surface area contributed by atoms with E-state index in [1.165, 1.54) is 6.07 Å². The third-order valence-corrected chi connectivity index (χ3v) is 5.60. The van der Waals surface area contributed by atoms with Crippen LogP contribution >= 0.6 is 0 Å². The van der Waals surface area contributed by atoms with Crippen LogP contribution < -0.4 is 10.2 Å². The van der Waals surface area contributed by atoms with Gasteiger partial charge in [-0.15, -0.1) is 0 Å². The van der Waals surface area contributed by atoms with Gasteiger partial charge in [-0.05, 0) is 47.7 Å². The van der Waals surface area contributed by atoms with Crippen molar-refractivity contribution in [1.82, 2.24) is 0 Å². The molecule has 6 heteroatoms. The Morgan fingerprint density at radius 3 is 2.00 bits per heavy atom. The number of aryl methyl sites for hydroxylation is 1. The van der Waals surface area contributed by atoms with Gasteiger partial charge in [0.2, 0.25) is 0 Å². The van der Waals surface area contributed by atoms with Gasteiger partial charge < -0.3 is 5.32 Å². The summed E-state index contributed by atoms with van der Waals surface area (Å²) in [7, 11) is 0. The fourth-order valence-corrected chi connectivity index (χ4v) is 3.70. The van der Waals surface area contributed by atoms with Gasteiger partial charge in [-0.3, -0.25) is 9.59 Å². The summed E-state index contributed by atoms with van der Waals surface area (Å²) in [5.74, 6) is -3.10. The van der Waals surface area contributed by atoms with Crippen LogP contribution in [0.1, 0.15) is 37.5 Å². The Balaban J connectivity index is 1.78. The number of rotatable bonds is 4. The Kier molecular flexibility index (Phi) is 5.62. The summed E-state index contributed by atoms with van der Waals surface area (Å²) in [6.07, 6.45) is 0. The summed E-state index contributed by atoms with van der Waals surface area (Å²) in [6.45, 7) is 8.16. The summed E-state index contributed by atoms with van der Waals surface area (Å²) in [5, 5.41) is 2.85. The van der Waals surface area contributed by atoms with E-state index in [1.54, 1.807) is 24.3 Å². The van der Waals surface area contributed by atoms with Crippen molar-refractivity contribution in [3.8, 4) is 0 Å². The molecule has 1 heterocycles. The molecule has 0 saturated heterocycles. The van der Waals surface area contributed by atoms with E-state index in [4.69, 9.17) is 0 Å². The zero-order valence-electron chi connectivity index (χ0n) is 18.9. The molecule has 4 rings (SSSR count). The van der Waals surface area contributed by atoms with Crippen LogP contribution in [0.25, 0.3) is 5.57 Å². The molecule has 0 spiro atoms. The molecular formula is C27H24F2N2O2. The SMILES string of the molecule is Cc1ccc(C2=C(Nc3ccc(F)c(F)c3)C(=O)N(c3ccc(C(C)(C)C)cc3)C2=O)cc1. The van der Waals surface area contributed by atoms with Crippen molar-refractivity contribution in [1.29, 1.82) is 0 Å². The number of hydrogen-bond acceptors (Lipinski definition) is 3. The van der Waals surface area contributed by atoms with Gasteiger partial charge in [-0.25, -0.2) is 13.7 Å². The number of benzene rings is 3. The molecule has 0 bridgehead atoms. The van der Waals surface area contributed by atoms with Crippen LogP contribution in [0, 0.1) is 18.6 Å². The van der Waals surface area contributed by atoms with Crippen LogP contribution in [-0.4, -0.2) is 11.8 Å². The van der Waals surface area contributed by atoms with Gasteiger partial charge in [-0.2, -0.15) is 0 Å². The molecule has 1 aliphatic rings. The molecule has 33 heavy (non-hydrogen) atoms. The number of hydrogen-bond donors (Lipinski definition) is 1. The molecular weight excluding hydrogens is 422 g/mol. The van der Waals surface area contributed by atoms with Gasteiger partial charge in [0.15, 0.2) is 11.6 Å².